The quantitative estimate of drug-likeness (QED) is 0.139. The van der Waals surface area contributed by atoms with E-state index in [2.05, 4.69) is 64.8 Å². The molecule has 0 bridgehead atoms. The van der Waals surface area contributed by atoms with Crippen LogP contribution in [0.1, 0.15) is 43.6 Å². The Hall–Kier alpha value is -7.20. The van der Waals surface area contributed by atoms with E-state index in [1.807, 2.05) is 205 Å². The van der Waals surface area contributed by atoms with E-state index in [-0.39, 0.29) is 0 Å². The monoisotopic (exact) mass is 1620 g/mol. The molecule has 0 saturated heterocycles. The molecule has 0 amide bonds. The lowest BCUT2D eigenvalue weighted by Gasteiger charge is -1.94. The summed E-state index contributed by atoms with van der Waals surface area (Å²) in [5.41, 5.74) is 7.49. The molecule has 0 aliphatic heterocycles. The maximum absolute atomic E-state index is 5.81. The zero-order valence-corrected chi connectivity index (χ0v) is 65.5. The fourth-order valence-electron chi connectivity index (χ4n) is 7.92. The molecule has 0 unspecified atom stereocenters. The van der Waals surface area contributed by atoms with Crippen molar-refractivity contribution in [3.05, 3.63) is 263 Å². The molecule has 4 aromatic carbocycles. The van der Waals surface area contributed by atoms with E-state index in [4.69, 9.17) is 115 Å². The van der Waals surface area contributed by atoms with Gasteiger partial charge in [-0.15, -0.1) is 78.2 Å². The van der Waals surface area contributed by atoms with Crippen LogP contribution in [0, 0.1) is 55.4 Å². The van der Waals surface area contributed by atoms with Crippen molar-refractivity contribution in [2.45, 2.75) is 55.4 Å². The molecule has 16 aromatic rings. The molecule has 0 N–H and O–H groups in total. The summed E-state index contributed by atoms with van der Waals surface area (Å²) >= 11 is 57.3. The van der Waals surface area contributed by atoms with Crippen LogP contribution < -0.4 is 0 Å². The number of aryl methyl sites for hydroxylation is 8. The van der Waals surface area contributed by atoms with Crippen LogP contribution in [0.3, 0.4) is 0 Å². The minimum absolute atomic E-state index is 0.560. The molecule has 0 fully saturated rings. The van der Waals surface area contributed by atoms with Crippen molar-refractivity contribution in [1.29, 1.82) is 0 Å². The van der Waals surface area contributed by atoms with Gasteiger partial charge in [0.2, 0.25) is 11.7 Å². The molecule has 0 saturated carbocycles. The molecule has 30 heteroatoms. The van der Waals surface area contributed by atoms with Crippen LogP contribution in [0.15, 0.2) is 205 Å². The van der Waals surface area contributed by atoms with E-state index in [1.54, 1.807) is 64.4 Å². The van der Waals surface area contributed by atoms with Gasteiger partial charge in [-0.05, 0) is 170 Å². The van der Waals surface area contributed by atoms with Crippen LogP contribution in [0.4, 0.5) is 0 Å². The van der Waals surface area contributed by atoms with Crippen molar-refractivity contribution < 1.29 is 22.6 Å². The second-order valence-electron chi connectivity index (χ2n) is 20.6. The molecule has 15 nitrogen and oxygen atoms in total. The third kappa shape index (κ3) is 24.5. The van der Waals surface area contributed by atoms with Gasteiger partial charge in [0.15, 0.2) is 16.5 Å². The van der Waals surface area contributed by atoms with E-state index in [0.29, 0.717) is 16.7 Å². The molecule has 12 heterocycles. The van der Waals surface area contributed by atoms with Crippen molar-refractivity contribution in [2.75, 3.05) is 0 Å². The van der Waals surface area contributed by atoms with Gasteiger partial charge in [0, 0.05) is 95.7 Å². The number of aromatic nitrogens is 10. The van der Waals surface area contributed by atoms with E-state index in [9.17, 15) is 0 Å². The van der Waals surface area contributed by atoms with Crippen LogP contribution in [0.25, 0.3) is 85.5 Å². The van der Waals surface area contributed by atoms with E-state index in [1.165, 1.54) is 43.8 Å². The summed E-state index contributed by atoms with van der Waals surface area (Å²) in [6.45, 7) is 15.3. The van der Waals surface area contributed by atoms with Crippen LogP contribution in [-0.2, 0) is 0 Å². The average Bonchev–Trinajstić information content (AvgIpc) is 1.92. The molecule has 100 heavy (non-hydrogen) atoms. The van der Waals surface area contributed by atoms with Gasteiger partial charge in [0.05, 0.1) is 48.2 Å². The minimum Gasteiger partial charge on any atom is -0.361 e. The third-order valence-corrected chi connectivity index (χ3v) is 21.5. The highest BCUT2D eigenvalue weighted by molar-refractivity contribution is 7.24. The molecule has 0 atom stereocenters. The van der Waals surface area contributed by atoms with Crippen molar-refractivity contribution in [3.63, 3.8) is 0 Å². The molecule has 0 aliphatic carbocycles. The van der Waals surface area contributed by atoms with Crippen LogP contribution in [-0.4, -0.2) is 50.9 Å². The summed E-state index contributed by atoms with van der Waals surface area (Å²) in [5.74, 6) is 4.33. The van der Waals surface area contributed by atoms with Crippen LogP contribution in [0.2, 0.25) is 37.4 Å². The first-order valence-electron chi connectivity index (χ1n) is 29.3. The van der Waals surface area contributed by atoms with E-state index < -0.39 is 0 Å². The molecule has 512 valence electrons. The van der Waals surface area contributed by atoms with Crippen molar-refractivity contribution in [3.8, 4) is 85.5 Å². The maximum atomic E-state index is 5.81. The molecule has 0 radical (unpaired) electrons. The number of rotatable bonds is 8. The summed E-state index contributed by atoms with van der Waals surface area (Å²) in [7, 11) is 0. The Bertz CT molecular complexity index is 4320. The van der Waals surface area contributed by atoms with Crippen LogP contribution >= 0.6 is 172 Å². The van der Waals surface area contributed by atoms with Gasteiger partial charge in [0.25, 0.3) is 0 Å². The number of benzene rings is 4. The molecular weight excluding hydrogens is 1570 g/mol. The standard InChI is InChI=1S/2C10H8ClNO.C10H8ClNS.C9H7ClN2O.2C8H6ClNOS.C8H6ClNS2.C7H5ClN2S2/c1-7-6-10(12-13-7)8-2-4-9(11)5-3-8;1-7-6-10(13-12-7)8-2-4-9(11)5-3-8;1-7-6-12-10(13-7)8-2-4-9(11)5-3-8;1-6-11-9(12-13-6)7-2-4-8(10)5-3-7;1-5-4-6(10-11-5)7-2-3-8(9)12-7;1-5-4-6(11-10-5)7-2-3-8(9)12-7;1-5-4-10-8(11-5)6-2-3-7(9)12-6;1-4-9-10-7(11-4)5-2-3-6(8)12-5/h3*2-6H,1H3;2-5H,1H3;3*2-4H,1H3;2-3H,1H3. The topological polar surface area (TPSA) is 195 Å². The Labute approximate surface area is 643 Å². The summed E-state index contributed by atoms with van der Waals surface area (Å²) in [5, 5.41) is 34.1. The number of thiophene rings is 4. The van der Waals surface area contributed by atoms with Crippen molar-refractivity contribution >= 4 is 172 Å². The first-order valence-corrected chi connectivity index (χ1v) is 38.0. The second kappa shape index (κ2) is 38.2. The van der Waals surface area contributed by atoms with E-state index in [0.717, 1.165) is 140 Å². The average molecular weight is 1620 g/mol. The molecule has 12 aromatic heterocycles. The molecular formula is C70H54Cl8N10O5S7. The molecule has 0 aliphatic rings. The zero-order valence-electron chi connectivity index (χ0n) is 53.7. The Morgan fingerprint density at radius 3 is 1.12 bits per heavy atom. The van der Waals surface area contributed by atoms with Gasteiger partial charge in [-0.3, -0.25) is 0 Å². The predicted octanol–water partition coefficient (Wildman–Crippen LogP) is 26.9. The normalized spacial score (nSPS) is 10.4. The lowest BCUT2D eigenvalue weighted by atomic mass is 10.1. The number of thiazole rings is 2. The Balaban J connectivity index is 0.000000133. The lowest BCUT2D eigenvalue weighted by Crippen LogP contribution is -1.79. The van der Waals surface area contributed by atoms with Gasteiger partial charge >= 0.3 is 0 Å². The van der Waals surface area contributed by atoms with Gasteiger partial charge in [0.1, 0.15) is 37.9 Å². The van der Waals surface area contributed by atoms with Crippen LogP contribution in [0.5, 0.6) is 0 Å². The highest BCUT2D eigenvalue weighted by Crippen LogP contribution is 2.36. The summed E-state index contributed by atoms with van der Waals surface area (Å²) in [6.07, 6.45) is 3.77. The minimum atomic E-state index is 0.560. The number of nitrogens with zero attached hydrogens (tertiary/aromatic N) is 10. The largest absolute Gasteiger partial charge is 0.361 e. The SMILES string of the molecule is Cc1cc(-c2ccc(Cl)cc2)no1.Cc1cc(-c2ccc(Cl)cc2)on1.Cc1cc(-c2ccc(Cl)s2)no1.Cc1cc(-c2ccc(Cl)s2)on1.Cc1cnc(-c2ccc(Cl)cc2)s1.Cc1cnc(-c2ccc(Cl)s2)s1.Cc1nc(-c2ccc(Cl)cc2)no1.Cc1nnc(-c2ccc(Cl)s2)s1. The smallest absolute Gasteiger partial charge is 0.223 e. The highest BCUT2D eigenvalue weighted by Gasteiger charge is 2.11. The Morgan fingerprint density at radius 2 is 0.730 bits per heavy atom. The molecule has 16 rings (SSSR count). The van der Waals surface area contributed by atoms with Gasteiger partial charge in [-0.1, -0.05) is 154 Å². The van der Waals surface area contributed by atoms with E-state index >= 15 is 0 Å². The fourth-order valence-corrected chi connectivity index (χ4v) is 14.8. The van der Waals surface area contributed by atoms with Crippen molar-refractivity contribution in [2.24, 2.45) is 0 Å². The first kappa shape index (κ1) is 77.0. The van der Waals surface area contributed by atoms with Crippen molar-refractivity contribution in [1.82, 2.24) is 50.9 Å². The van der Waals surface area contributed by atoms with Gasteiger partial charge < -0.3 is 22.6 Å². The summed E-state index contributed by atoms with van der Waals surface area (Å²) in [6, 6.07) is 52.9. The number of hydrogen-bond donors (Lipinski definition) is 0. The predicted molar refractivity (Wildman–Crippen MR) is 417 cm³/mol. The van der Waals surface area contributed by atoms with Gasteiger partial charge in [-0.25, -0.2) is 9.97 Å². The Kier molecular flexibility index (Phi) is 29.4. The Morgan fingerprint density at radius 1 is 0.310 bits per heavy atom. The highest BCUT2D eigenvalue weighted by atomic mass is 35.5. The summed E-state index contributed by atoms with van der Waals surface area (Å²) in [4.78, 5) is 19.4. The fraction of sp³-hybridized carbons (Fsp3) is 0.114. The maximum Gasteiger partial charge on any atom is 0.223 e. The third-order valence-electron chi connectivity index (χ3n) is 12.5. The number of hydrogen-bond acceptors (Lipinski definition) is 22. The van der Waals surface area contributed by atoms with Gasteiger partial charge in [-0.2, -0.15) is 4.98 Å². The lowest BCUT2D eigenvalue weighted by molar-refractivity contribution is 0.394. The number of halogens is 8. The molecule has 0 spiro atoms. The second-order valence-corrected chi connectivity index (χ2v) is 32.8. The first-order chi connectivity index (χ1) is 48.0. The zero-order chi connectivity index (χ0) is 71.2. The summed E-state index contributed by atoms with van der Waals surface area (Å²) < 4.78 is 28.1.